The van der Waals surface area contributed by atoms with Gasteiger partial charge in [-0.1, -0.05) is 36.8 Å². The number of halogens is 2. The Kier molecular flexibility index (Phi) is 3.23. The summed E-state index contributed by atoms with van der Waals surface area (Å²) in [5, 5.41) is 0. The van der Waals surface area contributed by atoms with Crippen LogP contribution in [0.4, 0.5) is 8.78 Å². The number of rotatable bonds is 2. The van der Waals surface area contributed by atoms with E-state index in [2.05, 4.69) is 0 Å². The molecule has 0 saturated heterocycles. The van der Waals surface area contributed by atoms with E-state index in [1.807, 2.05) is 26.0 Å². The molecule has 0 saturated carbocycles. The van der Waals surface area contributed by atoms with Gasteiger partial charge in [-0.3, -0.25) is 0 Å². The van der Waals surface area contributed by atoms with E-state index in [-0.39, 0.29) is 5.56 Å². The van der Waals surface area contributed by atoms with Crippen LogP contribution in [0, 0.1) is 18.6 Å². The van der Waals surface area contributed by atoms with Crippen LogP contribution in [-0.4, -0.2) is 0 Å². The van der Waals surface area contributed by atoms with Crippen molar-refractivity contribution in [2.45, 2.75) is 20.3 Å². The molecule has 0 aliphatic heterocycles. The smallest absolute Gasteiger partial charge is 0.134 e. The van der Waals surface area contributed by atoms with E-state index in [4.69, 9.17) is 0 Å². The molecule has 0 amide bonds. The van der Waals surface area contributed by atoms with Crippen LogP contribution in [0.3, 0.4) is 0 Å². The summed E-state index contributed by atoms with van der Waals surface area (Å²) in [7, 11) is 0. The second-order valence-electron chi connectivity index (χ2n) is 4.15. The first-order chi connectivity index (χ1) is 8.11. The molecule has 2 heteroatoms. The van der Waals surface area contributed by atoms with Crippen LogP contribution in [0.5, 0.6) is 0 Å². The SMILES string of the molecule is CCc1cc(F)c(-c2ccc(C)cc2)c(F)c1. The number of hydrogen-bond acceptors (Lipinski definition) is 0. The molecule has 0 atom stereocenters. The third-order valence-electron chi connectivity index (χ3n) is 2.85. The zero-order valence-electron chi connectivity index (χ0n) is 9.93. The van der Waals surface area contributed by atoms with E-state index >= 15 is 0 Å². The molecule has 2 aromatic rings. The molecule has 0 bridgehead atoms. The highest BCUT2D eigenvalue weighted by molar-refractivity contribution is 5.65. The molecule has 0 spiro atoms. The first kappa shape index (κ1) is 11.8. The van der Waals surface area contributed by atoms with E-state index in [1.54, 1.807) is 12.1 Å². The minimum Gasteiger partial charge on any atom is -0.206 e. The molecule has 88 valence electrons. The van der Waals surface area contributed by atoms with Gasteiger partial charge in [0, 0.05) is 0 Å². The van der Waals surface area contributed by atoms with Gasteiger partial charge in [0.2, 0.25) is 0 Å². The van der Waals surface area contributed by atoms with E-state index in [1.165, 1.54) is 12.1 Å². The predicted octanol–water partition coefficient (Wildman–Crippen LogP) is 4.50. The van der Waals surface area contributed by atoms with Gasteiger partial charge in [-0.15, -0.1) is 0 Å². The van der Waals surface area contributed by atoms with Crippen LogP contribution >= 0.6 is 0 Å². The maximum absolute atomic E-state index is 13.8. The molecule has 2 aromatic carbocycles. The number of benzene rings is 2. The van der Waals surface area contributed by atoms with Gasteiger partial charge in [0.1, 0.15) is 11.6 Å². The monoisotopic (exact) mass is 232 g/mol. The van der Waals surface area contributed by atoms with Gasteiger partial charge in [-0.25, -0.2) is 8.78 Å². The minimum absolute atomic E-state index is 0.0576. The Bertz CT molecular complexity index is 504. The van der Waals surface area contributed by atoms with Gasteiger partial charge < -0.3 is 0 Å². The molecule has 0 aromatic heterocycles. The summed E-state index contributed by atoms with van der Waals surface area (Å²) in [6.07, 6.45) is 0.627. The summed E-state index contributed by atoms with van der Waals surface area (Å²) in [6, 6.07) is 9.98. The van der Waals surface area contributed by atoms with Crippen LogP contribution < -0.4 is 0 Å². The summed E-state index contributed by atoms with van der Waals surface area (Å²) in [6.45, 7) is 3.82. The van der Waals surface area contributed by atoms with Crippen molar-refractivity contribution in [3.05, 3.63) is 59.2 Å². The zero-order valence-corrected chi connectivity index (χ0v) is 9.93. The van der Waals surface area contributed by atoms with Crippen molar-refractivity contribution >= 4 is 0 Å². The molecule has 0 heterocycles. The summed E-state index contributed by atoms with van der Waals surface area (Å²) >= 11 is 0. The van der Waals surface area contributed by atoms with E-state index in [9.17, 15) is 8.78 Å². The minimum atomic E-state index is -0.495. The summed E-state index contributed by atoms with van der Waals surface area (Å²) in [5.41, 5.74) is 2.38. The first-order valence-electron chi connectivity index (χ1n) is 5.66. The lowest BCUT2D eigenvalue weighted by Gasteiger charge is -2.07. The standard InChI is InChI=1S/C15H14F2/c1-3-11-8-13(16)15(14(17)9-11)12-6-4-10(2)5-7-12/h4-9H,3H2,1-2H3. The lowest BCUT2D eigenvalue weighted by molar-refractivity contribution is 0.586. The topological polar surface area (TPSA) is 0 Å². The number of hydrogen-bond donors (Lipinski definition) is 0. The highest BCUT2D eigenvalue weighted by Crippen LogP contribution is 2.27. The van der Waals surface area contributed by atoms with Crippen molar-refractivity contribution in [2.24, 2.45) is 0 Å². The highest BCUT2D eigenvalue weighted by atomic mass is 19.1. The van der Waals surface area contributed by atoms with Gasteiger partial charge in [0.25, 0.3) is 0 Å². The third-order valence-corrected chi connectivity index (χ3v) is 2.85. The van der Waals surface area contributed by atoms with Gasteiger partial charge in [-0.2, -0.15) is 0 Å². The Morgan fingerprint density at radius 1 is 0.941 bits per heavy atom. The first-order valence-corrected chi connectivity index (χ1v) is 5.66. The normalized spacial score (nSPS) is 10.6. The lowest BCUT2D eigenvalue weighted by Crippen LogP contribution is -1.93. The zero-order chi connectivity index (χ0) is 12.4. The number of aryl methyl sites for hydroxylation is 2. The van der Waals surface area contributed by atoms with Crippen molar-refractivity contribution in [3.63, 3.8) is 0 Å². The molecule has 2 rings (SSSR count). The average Bonchev–Trinajstić information content (AvgIpc) is 2.30. The molecule has 0 radical (unpaired) electrons. The van der Waals surface area contributed by atoms with Crippen molar-refractivity contribution in [3.8, 4) is 11.1 Å². The van der Waals surface area contributed by atoms with Gasteiger partial charge >= 0.3 is 0 Å². The Labute approximate surface area is 99.9 Å². The molecule has 0 N–H and O–H groups in total. The van der Waals surface area contributed by atoms with E-state index in [0.29, 0.717) is 17.5 Å². The van der Waals surface area contributed by atoms with Crippen molar-refractivity contribution in [2.75, 3.05) is 0 Å². The Morgan fingerprint density at radius 3 is 1.94 bits per heavy atom. The second kappa shape index (κ2) is 4.66. The summed E-state index contributed by atoms with van der Waals surface area (Å²) < 4.78 is 27.7. The summed E-state index contributed by atoms with van der Waals surface area (Å²) in [4.78, 5) is 0. The molecular weight excluding hydrogens is 218 g/mol. The van der Waals surface area contributed by atoms with Gasteiger partial charge in [0.05, 0.1) is 5.56 Å². The molecule has 0 aliphatic rings. The van der Waals surface area contributed by atoms with Crippen molar-refractivity contribution in [1.29, 1.82) is 0 Å². The lowest BCUT2D eigenvalue weighted by atomic mass is 10.0. The highest BCUT2D eigenvalue weighted by Gasteiger charge is 2.12. The molecule has 17 heavy (non-hydrogen) atoms. The maximum Gasteiger partial charge on any atom is 0.134 e. The molecule has 0 aliphatic carbocycles. The molecule has 0 unspecified atom stereocenters. The second-order valence-corrected chi connectivity index (χ2v) is 4.15. The summed E-state index contributed by atoms with van der Waals surface area (Å²) in [5.74, 6) is -0.989. The van der Waals surface area contributed by atoms with Crippen molar-refractivity contribution in [1.82, 2.24) is 0 Å². The van der Waals surface area contributed by atoms with E-state index in [0.717, 1.165) is 5.56 Å². The van der Waals surface area contributed by atoms with Crippen LogP contribution in [-0.2, 0) is 6.42 Å². The maximum atomic E-state index is 13.8. The Morgan fingerprint density at radius 2 is 1.47 bits per heavy atom. The fourth-order valence-corrected chi connectivity index (χ4v) is 1.83. The van der Waals surface area contributed by atoms with Crippen LogP contribution in [0.25, 0.3) is 11.1 Å². The third kappa shape index (κ3) is 2.36. The van der Waals surface area contributed by atoms with Crippen molar-refractivity contribution < 1.29 is 8.78 Å². The Balaban J connectivity index is 2.55. The Hall–Kier alpha value is -1.70. The van der Waals surface area contributed by atoms with Gasteiger partial charge in [0.15, 0.2) is 0 Å². The van der Waals surface area contributed by atoms with Gasteiger partial charge in [-0.05, 0) is 36.6 Å². The fraction of sp³-hybridized carbons (Fsp3) is 0.200. The quantitative estimate of drug-likeness (QED) is 0.715. The molecule has 0 nitrogen and oxygen atoms in total. The van der Waals surface area contributed by atoms with Crippen LogP contribution in [0.15, 0.2) is 36.4 Å². The van der Waals surface area contributed by atoms with E-state index < -0.39 is 11.6 Å². The molecule has 0 fully saturated rings. The largest absolute Gasteiger partial charge is 0.206 e. The van der Waals surface area contributed by atoms with Crippen LogP contribution in [0.1, 0.15) is 18.1 Å². The predicted molar refractivity (Wildman–Crippen MR) is 65.9 cm³/mol. The fourth-order valence-electron chi connectivity index (χ4n) is 1.83. The molecular formula is C15H14F2. The average molecular weight is 232 g/mol. The van der Waals surface area contributed by atoms with Crippen LogP contribution in [0.2, 0.25) is 0 Å².